The number of benzene rings is 2. The predicted octanol–water partition coefficient (Wildman–Crippen LogP) is 2.52. The van der Waals surface area contributed by atoms with Gasteiger partial charge in [0.2, 0.25) is 5.91 Å². The Labute approximate surface area is 157 Å². The van der Waals surface area contributed by atoms with Crippen LogP contribution in [-0.4, -0.2) is 24.3 Å². The Bertz CT molecular complexity index is 848. The van der Waals surface area contributed by atoms with Gasteiger partial charge in [0.15, 0.2) is 0 Å². The molecule has 0 radical (unpaired) electrons. The number of nitrogens with one attached hydrogen (secondary N) is 3. The molecule has 2 aromatic rings. The smallest absolute Gasteiger partial charge is 0.273 e. The van der Waals surface area contributed by atoms with Crippen molar-refractivity contribution in [3.8, 4) is 5.75 Å². The van der Waals surface area contributed by atoms with Crippen molar-refractivity contribution in [3.63, 3.8) is 0 Å². The lowest BCUT2D eigenvalue weighted by atomic mass is 10.1. The van der Waals surface area contributed by atoms with Crippen molar-refractivity contribution in [1.82, 2.24) is 10.9 Å². The van der Waals surface area contributed by atoms with Crippen molar-refractivity contribution in [2.75, 3.05) is 11.9 Å². The first-order chi connectivity index (χ1) is 13.0. The molecule has 0 bridgehead atoms. The summed E-state index contributed by atoms with van der Waals surface area (Å²) in [6, 6.07) is 14.0. The standard InChI is InChI=1S/C20H21N3O4/c1-3-27-18-13-16(21-14(2)24)10-11-17(18)20(26)23-22-19(25)12-9-15-7-5-4-6-8-15/h4-13H,3H2,1-2H3,(H,21,24)(H,22,25)(H,23,26)/b12-9+. The second-order valence-corrected chi connectivity index (χ2v) is 5.51. The van der Waals surface area contributed by atoms with Crippen LogP contribution >= 0.6 is 0 Å². The Balaban J connectivity index is 2.01. The summed E-state index contributed by atoms with van der Waals surface area (Å²) in [7, 11) is 0. The Morgan fingerprint density at radius 3 is 2.44 bits per heavy atom. The minimum Gasteiger partial charge on any atom is -0.493 e. The fraction of sp³-hybridized carbons (Fsp3) is 0.150. The molecule has 140 valence electrons. The number of hydrazine groups is 1. The molecule has 0 heterocycles. The number of ether oxygens (including phenoxy) is 1. The minimum atomic E-state index is -0.533. The maximum absolute atomic E-state index is 12.3. The Morgan fingerprint density at radius 2 is 1.78 bits per heavy atom. The van der Waals surface area contributed by atoms with Crippen LogP contribution in [0.5, 0.6) is 5.75 Å². The molecule has 0 fully saturated rings. The summed E-state index contributed by atoms with van der Waals surface area (Å²) in [5.41, 5.74) is 6.27. The molecule has 3 N–H and O–H groups in total. The van der Waals surface area contributed by atoms with E-state index in [1.807, 2.05) is 30.3 Å². The topological polar surface area (TPSA) is 96.5 Å². The third-order valence-electron chi connectivity index (χ3n) is 3.37. The van der Waals surface area contributed by atoms with E-state index in [9.17, 15) is 14.4 Å². The average molecular weight is 367 g/mol. The zero-order valence-electron chi connectivity index (χ0n) is 15.1. The maximum atomic E-state index is 12.3. The molecule has 3 amide bonds. The molecular formula is C20H21N3O4. The molecule has 0 spiro atoms. The third-order valence-corrected chi connectivity index (χ3v) is 3.37. The highest BCUT2D eigenvalue weighted by atomic mass is 16.5. The van der Waals surface area contributed by atoms with Crippen LogP contribution in [0.4, 0.5) is 5.69 Å². The van der Waals surface area contributed by atoms with Crippen molar-refractivity contribution < 1.29 is 19.1 Å². The van der Waals surface area contributed by atoms with E-state index >= 15 is 0 Å². The number of carbonyl (C=O) groups excluding carboxylic acids is 3. The lowest BCUT2D eigenvalue weighted by molar-refractivity contribution is -0.117. The fourth-order valence-corrected chi connectivity index (χ4v) is 2.23. The Morgan fingerprint density at radius 1 is 1.04 bits per heavy atom. The molecule has 0 aromatic heterocycles. The van der Waals surface area contributed by atoms with Crippen LogP contribution in [-0.2, 0) is 9.59 Å². The monoisotopic (exact) mass is 367 g/mol. The molecule has 0 saturated heterocycles. The van der Waals surface area contributed by atoms with Crippen LogP contribution < -0.4 is 20.9 Å². The molecule has 0 atom stereocenters. The van der Waals surface area contributed by atoms with Crippen LogP contribution in [0.1, 0.15) is 29.8 Å². The van der Waals surface area contributed by atoms with Crippen LogP contribution in [0.2, 0.25) is 0 Å². The molecule has 0 aliphatic carbocycles. The van der Waals surface area contributed by atoms with E-state index in [-0.39, 0.29) is 11.5 Å². The summed E-state index contributed by atoms with van der Waals surface area (Å²) in [6.45, 7) is 3.51. The molecular weight excluding hydrogens is 346 g/mol. The first-order valence-electron chi connectivity index (χ1n) is 8.37. The summed E-state index contributed by atoms with van der Waals surface area (Å²) in [6.07, 6.45) is 2.95. The highest BCUT2D eigenvalue weighted by Crippen LogP contribution is 2.23. The molecule has 2 aromatic carbocycles. The van der Waals surface area contributed by atoms with Gasteiger partial charge >= 0.3 is 0 Å². The Kier molecular flexibility index (Phi) is 7.13. The third kappa shape index (κ3) is 6.32. The molecule has 7 nitrogen and oxygen atoms in total. The lowest BCUT2D eigenvalue weighted by Crippen LogP contribution is -2.40. The second kappa shape index (κ2) is 9.76. The number of carbonyl (C=O) groups is 3. The van der Waals surface area contributed by atoms with Crippen LogP contribution in [0.25, 0.3) is 6.08 Å². The average Bonchev–Trinajstić information content (AvgIpc) is 2.65. The van der Waals surface area contributed by atoms with Gasteiger partial charge in [-0.25, -0.2) is 0 Å². The van der Waals surface area contributed by atoms with Gasteiger partial charge in [0, 0.05) is 24.8 Å². The SMILES string of the molecule is CCOc1cc(NC(C)=O)ccc1C(=O)NNC(=O)/C=C/c1ccccc1. The summed E-state index contributed by atoms with van der Waals surface area (Å²) in [5.74, 6) is -0.934. The van der Waals surface area contributed by atoms with Gasteiger partial charge in [-0.1, -0.05) is 30.3 Å². The maximum Gasteiger partial charge on any atom is 0.273 e. The van der Waals surface area contributed by atoms with Gasteiger partial charge in [-0.2, -0.15) is 0 Å². The van der Waals surface area contributed by atoms with E-state index in [2.05, 4.69) is 16.2 Å². The number of amides is 3. The first-order valence-corrected chi connectivity index (χ1v) is 8.37. The van der Waals surface area contributed by atoms with Gasteiger partial charge in [0.05, 0.1) is 12.2 Å². The molecule has 0 unspecified atom stereocenters. The van der Waals surface area contributed by atoms with E-state index in [4.69, 9.17) is 4.74 Å². The zero-order chi connectivity index (χ0) is 19.6. The molecule has 0 aliphatic heterocycles. The van der Waals surface area contributed by atoms with Crippen LogP contribution in [0.15, 0.2) is 54.6 Å². The quantitative estimate of drug-likeness (QED) is 0.540. The lowest BCUT2D eigenvalue weighted by Gasteiger charge is -2.12. The summed E-state index contributed by atoms with van der Waals surface area (Å²) in [4.78, 5) is 35.3. The second-order valence-electron chi connectivity index (χ2n) is 5.51. The van der Waals surface area contributed by atoms with Gasteiger partial charge in [0.25, 0.3) is 11.8 Å². The Hall–Kier alpha value is -3.61. The van der Waals surface area contributed by atoms with E-state index in [1.165, 1.54) is 19.1 Å². The number of anilines is 1. The van der Waals surface area contributed by atoms with Gasteiger partial charge in [-0.3, -0.25) is 25.2 Å². The van der Waals surface area contributed by atoms with Gasteiger partial charge < -0.3 is 10.1 Å². The minimum absolute atomic E-state index is 0.230. The first kappa shape index (κ1) is 19.7. The highest BCUT2D eigenvalue weighted by molar-refractivity contribution is 6.00. The summed E-state index contributed by atoms with van der Waals surface area (Å²) >= 11 is 0. The molecule has 7 heteroatoms. The van der Waals surface area contributed by atoms with Crippen molar-refractivity contribution in [2.45, 2.75) is 13.8 Å². The fourth-order valence-electron chi connectivity index (χ4n) is 2.23. The van der Waals surface area contributed by atoms with E-state index in [1.54, 1.807) is 25.1 Å². The highest BCUT2D eigenvalue weighted by Gasteiger charge is 2.14. The van der Waals surface area contributed by atoms with Crippen molar-refractivity contribution in [1.29, 1.82) is 0 Å². The molecule has 0 aliphatic rings. The largest absolute Gasteiger partial charge is 0.493 e. The van der Waals surface area contributed by atoms with Crippen LogP contribution in [0, 0.1) is 0 Å². The van der Waals surface area contributed by atoms with Crippen molar-refractivity contribution >= 4 is 29.5 Å². The number of rotatable bonds is 6. The summed E-state index contributed by atoms with van der Waals surface area (Å²) < 4.78 is 5.45. The molecule has 27 heavy (non-hydrogen) atoms. The summed E-state index contributed by atoms with van der Waals surface area (Å²) in [5, 5.41) is 2.62. The van der Waals surface area contributed by atoms with Crippen molar-refractivity contribution in [3.05, 3.63) is 65.7 Å². The van der Waals surface area contributed by atoms with Crippen molar-refractivity contribution in [2.24, 2.45) is 0 Å². The molecule has 0 saturated carbocycles. The number of hydrogen-bond acceptors (Lipinski definition) is 4. The normalized spacial score (nSPS) is 10.3. The van der Waals surface area contributed by atoms with Crippen LogP contribution in [0.3, 0.4) is 0 Å². The van der Waals surface area contributed by atoms with Gasteiger partial charge in [0.1, 0.15) is 5.75 Å². The number of hydrogen-bond donors (Lipinski definition) is 3. The van der Waals surface area contributed by atoms with Gasteiger partial charge in [-0.05, 0) is 30.7 Å². The van der Waals surface area contributed by atoms with E-state index in [0.29, 0.717) is 18.0 Å². The predicted molar refractivity (Wildman–Crippen MR) is 103 cm³/mol. The van der Waals surface area contributed by atoms with E-state index in [0.717, 1.165) is 5.56 Å². The molecule has 2 rings (SSSR count). The van der Waals surface area contributed by atoms with Gasteiger partial charge in [-0.15, -0.1) is 0 Å². The van der Waals surface area contributed by atoms with E-state index < -0.39 is 11.8 Å². The zero-order valence-corrected chi connectivity index (χ0v) is 15.1.